The number of hydrogen-bond acceptors (Lipinski definition) is 3. The Kier molecular flexibility index (Phi) is 2.26. The van der Waals surface area contributed by atoms with Crippen LogP contribution in [0.4, 0.5) is 5.69 Å². The van der Waals surface area contributed by atoms with Gasteiger partial charge in [0.25, 0.3) is 5.69 Å². The molecule has 1 aliphatic rings. The molecule has 0 N–H and O–H groups in total. The van der Waals surface area contributed by atoms with Crippen molar-refractivity contribution in [2.24, 2.45) is 0 Å². The fraction of sp³-hybridized carbons (Fsp3) is 0.364. The van der Waals surface area contributed by atoms with Crippen LogP contribution in [0.15, 0.2) is 18.2 Å². The molecule has 0 radical (unpaired) electrons. The lowest BCUT2D eigenvalue weighted by molar-refractivity contribution is -0.385. The van der Waals surface area contributed by atoms with Gasteiger partial charge in [0, 0.05) is 17.2 Å². The molecule has 2 rings (SSSR count). The van der Waals surface area contributed by atoms with E-state index in [1.165, 1.54) is 13.0 Å². The maximum absolute atomic E-state index is 11.4. The highest BCUT2D eigenvalue weighted by atomic mass is 16.6. The second kappa shape index (κ2) is 3.46. The maximum atomic E-state index is 11.4. The van der Waals surface area contributed by atoms with Gasteiger partial charge in [0.15, 0.2) is 5.78 Å². The smallest absolute Gasteiger partial charge is 0.273 e. The number of nitro benzene ring substituents is 1. The Morgan fingerprint density at radius 1 is 1.47 bits per heavy atom. The van der Waals surface area contributed by atoms with E-state index in [9.17, 15) is 14.9 Å². The van der Waals surface area contributed by atoms with Crippen LogP contribution < -0.4 is 0 Å². The summed E-state index contributed by atoms with van der Waals surface area (Å²) in [6, 6.07) is 4.71. The molecule has 78 valence electrons. The van der Waals surface area contributed by atoms with Crippen molar-refractivity contribution in [1.29, 1.82) is 0 Å². The molecule has 1 aliphatic carbocycles. The Hall–Kier alpha value is -1.71. The highest BCUT2D eigenvalue weighted by Gasteiger charge is 2.33. The molecule has 4 heteroatoms. The number of nitrogens with zero attached hydrogens (tertiary/aromatic N) is 1. The first-order chi connectivity index (χ1) is 7.11. The van der Waals surface area contributed by atoms with Crippen molar-refractivity contribution in [3.8, 4) is 0 Å². The van der Waals surface area contributed by atoms with E-state index in [4.69, 9.17) is 0 Å². The Labute approximate surface area is 87.1 Å². The number of nitro groups is 1. The minimum Gasteiger partial charge on any atom is -0.294 e. The third-order valence-corrected chi connectivity index (χ3v) is 2.64. The number of rotatable bonds is 3. The maximum Gasteiger partial charge on any atom is 0.273 e. The summed E-state index contributed by atoms with van der Waals surface area (Å²) in [5, 5.41) is 10.8. The molecular formula is C11H11NO3. The van der Waals surface area contributed by atoms with Crippen LogP contribution in [0.25, 0.3) is 0 Å². The molecule has 1 aromatic rings. The fourth-order valence-electron chi connectivity index (χ4n) is 1.82. The summed E-state index contributed by atoms with van der Waals surface area (Å²) in [5.41, 5.74) is 1.23. The molecule has 1 saturated carbocycles. The zero-order valence-corrected chi connectivity index (χ0v) is 8.40. The summed E-state index contributed by atoms with van der Waals surface area (Å²) >= 11 is 0. The number of carbonyl (C=O) groups is 1. The number of Topliss-reactive ketones (excluding diaryl/α,β-unsaturated/α-hetero) is 1. The summed E-state index contributed by atoms with van der Waals surface area (Å²) in [7, 11) is 0. The third kappa shape index (κ3) is 1.75. The van der Waals surface area contributed by atoms with Gasteiger partial charge in [0.1, 0.15) is 0 Å². The van der Waals surface area contributed by atoms with Crippen LogP contribution in [-0.4, -0.2) is 10.7 Å². The van der Waals surface area contributed by atoms with E-state index in [2.05, 4.69) is 0 Å². The van der Waals surface area contributed by atoms with Crippen molar-refractivity contribution in [2.45, 2.75) is 25.7 Å². The molecule has 0 aromatic heterocycles. The second-order valence-electron chi connectivity index (χ2n) is 3.83. The molecule has 0 heterocycles. The van der Waals surface area contributed by atoms with Gasteiger partial charge in [0.2, 0.25) is 0 Å². The molecule has 0 amide bonds. The minimum absolute atomic E-state index is 0.0881. The van der Waals surface area contributed by atoms with Crippen molar-refractivity contribution in [3.63, 3.8) is 0 Å². The zero-order chi connectivity index (χ0) is 11.0. The van der Waals surface area contributed by atoms with Crippen LogP contribution >= 0.6 is 0 Å². The monoisotopic (exact) mass is 205 g/mol. The normalized spacial score (nSPS) is 15.0. The van der Waals surface area contributed by atoms with Crippen molar-refractivity contribution in [2.75, 3.05) is 0 Å². The first kappa shape index (κ1) is 9.83. The molecule has 4 nitrogen and oxygen atoms in total. The lowest BCUT2D eigenvalue weighted by Gasteiger charge is -2.05. The molecule has 15 heavy (non-hydrogen) atoms. The SMILES string of the molecule is CC(=O)c1cccc([N+](=O)[O-])c1C1CC1. The predicted molar refractivity (Wildman–Crippen MR) is 55.1 cm³/mol. The van der Waals surface area contributed by atoms with E-state index >= 15 is 0 Å². The van der Waals surface area contributed by atoms with E-state index < -0.39 is 4.92 Å². The largest absolute Gasteiger partial charge is 0.294 e. The molecule has 1 aromatic carbocycles. The van der Waals surface area contributed by atoms with Gasteiger partial charge in [-0.1, -0.05) is 12.1 Å². The molecule has 0 aliphatic heterocycles. The predicted octanol–water partition coefficient (Wildman–Crippen LogP) is 2.67. The molecule has 0 atom stereocenters. The zero-order valence-electron chi connectivity index (χ0n) is 8.40. The van der Waals surface area contributed by atoms with Gasteiger partial charge in [-0.3, -0.25) is 14.9 Å². The first-order valence-corrected chi connectivity index (χ1v) is 4.89. The number of hydrogen-bond donors (Lipinski definition) is 0. The van der Waals surface area contributed by atoms with Crippen LogP contribution in [0, 0.1) is 10.1 Å². The summed E-state index contributed by atoms with van der Waals surface area (Å²) < 4.78 is 0. The van der Waals surface area contributed by atoms with Crippen molar-refractivity contribution >= 4 is 11.5 Å². The van der Waals surface area contributed by atoms with Gasteiger partial charge >= 0.3 is 0 Å². The number of carbonyl (C=O) groups excluding carboxylic acids is 1. The molecule has 0 unspecified atom stereocenters. The molecule has 0 saturated heterocycles. The third-order valence-electron chi connectivity index (χ3n) is 2.64. The highest BCUT2D eigenvalue weighted by Crippen LogP contribution is 2.45. The standard InChI is InChI=1S/C11H11NO3/c1-7(13)9-3-2-4-10(12(14)15)11(9)8-5-6-8/h2-4,8H,5-6H2,1H3. The quantitative estimate of drug-likeness (QED) is 0.433. The van der Waals surface area contributed by atoms with E-state index in [-0.39, 0.29) is 17.4 Å². The van der Waals surface area contributed by atoms with E-state index in [1.807, 2.05) is 0 Å². The topological polar surface area (TPSA) is 60.2 Å². The molecule has 1 fully saturated rings. The van der Waals surface area contributed by atoms with Crippen molar-refractivity contribution < 1.29 is 9.72 Å². The van der Waals surface area contributed by atoms with E-state index in [0.717, 1.165) is 12.8 Å². The Bertz CT molecular complexity index is 403. The summed E-state index contributed by atoms with van der Waals surface area (Å²) in [6.07, 6.45) is 1.90. The Morgan fingerprint density at radius 2 is 2.13 bits per heavy atom. The summed E-state index contributed by atoms with van der Waals surface area (Å²) in [4.78, 5) is 21.8. The summed E-state index contributed by atoms with van der Waals surface area (Å²) in [6.45, 7) is 1.45. The molecule has 0 spiro atoms. The molecule has 0 bridgehead atoms. The van der Waals surface area contributed by atoms with Crippen LogP contribution in [-0.2, 0) is 0 Å². The van der Waals surface area contributed by atoms with Crippen molar-refractivity contribution in [1.82, 2.24) is 0 Å². The average molecular weight is 205 g/mol. The van der Waals surface area contributed by atoms with E-state index in [1.54, 1.807) is 12.1 Å². The first-order valence-electron chi connectivity index (χ1n) is 4.89. The lowest BCUT2D eigenvalue weighted by Crippen LogP contribution is -2.02. The van der Waals surface area contributed by atoms with Gasteiger partial charge in [-0.05, 0) is 25.7 Å². The van der Waals surface area contributed by atoms with E-state index in [0.29, 0.717) is 11.1 Å². The number of ketones is 1. The van der Waals surface area contributed by atoms with Gasteiger partial charge in [0.05, 0.1) is 4.92 Å². The Balaban J connectivity index is 2.60. The highest BCUT2D eigenvalue weighted by molar-refractivity contribution is 5.97. The molecular weight excluding hydrogens is 194 g/mol. The van der Waals surface area contributed by atoms with Gasteiger partial charge in [-0.25, -0.2) is 0 Å². The van der Waals surface area contributed by atoms with Crippen LogP contribution in [0.5, 0.6) is 0 Å². The Morgan fingerprint density at radius 3 is 2.60 bits per heavy atom. The van der Waals surface area contributed by atoms with Gasteiger partial charge in [-0.15, -0.1) is 0 Å². The average Bonchev–Trinajstić information content (AvgIpc) is 2.99. The van der Waals surface area contributed by atoms with Crippen LogP contribution in [0.2, 0.25) is 0 Å². The van der Waals surface area contributed by atoms with Crippen LogP contribution in [0.1, 0.15) is 41.6 Å². The van der Waals surface area contributed by atoms with Crippen LogP contribution in [0.3, 0.4) is 0 Å². The van der Waals surface area contributed by atoms with Gasteiger partial charge < -0.3 is 0 Å². The number of benzene rings is 1. The second-order valence-corrected chi connectivity index (χ2v) is 3.83. The lowest BCUT2D eigenvalue weighted by atomic mass is 9.98. The van der Waals surface area contributed by atoms with Gasteiger partial charge in [-0.2, -0.15) is 0 Å². The fourth-order valence-corrected chi connectivity index (χ4v) is 1.82. The minimum atomic E-state index is -0.403. The van der Waals surface area contributed by atoms with Crippen molar-refractivity contribution in [3.05, 3.63) is 39.4 Å². The summed E-state index contributed by atoms with van der Waals surface area (Å²) in [5.74, 6) is 0.117.